The van der Waals surface area contributed by atoms with E-state index in [0.717, 1.165) is 0 Å². The number of amides is 3. The molecule has 37 heavy (non-hydrogen) atoms. The van der Waals surface area contributed by atoms with Crippen LogP contribution in [0.25, 0.3) is 0 Å². The van der Waals surface area contributed by atoms with Crippen molar-refractivity contribution in [2.24, 2.45) is 11.5 Å². The molecule has 0 radical (unpaired) electrons. The monoisotopic (exact) mass is 541 g/mol. The Kier molecular flexibility index (Phi) is 14.0. The number of nitrogens with one attached hydrogen (secondary N) is 3. The number of carboxylic acid groups (broad SMARTS) is 2. The molecule has 0 saturated heterocycles. The topological polar surface area (TPSA) is 234 Å². The van der Waals surface area contributed by atoms with Crippen molar-refractivity contribution in [3.8, 4) is 5.75 Å². The van der Waals surface area contributed by atoms with Crippen molar-refractivity contribution >= 4 is 42.3 Å². The van der Waals surface area contributed by atoms with Crippen LogP contribution >= 0.6 is 12.6 Å². The lowest BCUT2D eigenvalue weighted by Crippen LogP contribution is -2.57. The molecule has 3 amide bonds. The van der Waals surface area contributed by atoms with Crippen molar-refractivity contribution in [3.63, 3.8) is 0 Å². The van der Waals surface area contributed by atoms with Crippen LogP contribution in [0.5, 0.6) is 5.75 Å². The van der Waals surface area contributed by atoms with Gasteiger partial charge in [0.05, 0.1) is 6.04 Å². The van der Waals surface area contributed by atoms with E-state index in [1.54, 1.807) is 0 Å². The van der Waals surface area contributed by atoms with Crippen LogP contribution in [0, 0.1) is 0 Å². The number of hydrogen-bond acceptors (Lipinski definition) is 9. The van der Waals surface area contributed by atoms with Gasteiger partial charge in [0.15, 0.2) is 0 Å². The Morgan fingerprint density at radius 3 is 1.95 bits per heavy atom. The van der Waals surface area contributed by atoms with Gasteiger partial charge in [0.2, 0.25) is 17.7 Å². The summed E-state index contributed by atoms with van der Waals surface area (Å²) in [4.78, 5) is 60.8. The van der Waals surface area contributed by atoms with Crippen LogP contribution in [-0.4, -0.2) is 81.4 Å². The Hall–Kier alpha value is -3.36. The third-order valence-electron chi connectivity index (χ3n) is 5.39. The number of phenols is 1. The molecule has 0 aliphatic carbocycles. The van der Waals surface area contributed by atoms with Gasteiger partial charge in [0.25, 0.3) is 0 Å². The van der Waals surface area contributed by atoms with E-state index in [1.807, 2.05) is 0 Å². The van der Waals surface area contributed by atoms with Crippen molar-refractivity contribution in [1.29, 1.82) is 0 Å². The zero-order chi connectivity index (χ0) is 28.0. The van der Waals surface area contributed by atoms with Gasteiger partial charge in [-0.2, -0.15) is 12.6 Å². The fourth-order valence-corrected chi connectivity index (χ4v) is 3.52. The smallest absolute Gasteiger partial charge is 0.326 e. The lowest BCUT2D eigenvalue weighted by Gasteiger charge is -2.24. The number of aliphatic carboxylic acids is 2. The van der Waals surface area contributed by atoms with Crippen molar-refractivity contribution in [3.05, 3.63) is 29.8 Å². The first-order valence-corrected chi connectivity index (χ1v) is 12.3. The summed E-state index contributed by atoms with van der Waals surface area (Å²) in [7, 11) is 0. The Morgan fingerprint density at radius 2 is 1.41 bits per heavy atom. The molecule has 4 atom stereocenters. The molecule has 13 nitrogen and oxygen atoms in total. The summed E-state index contributed by atoms with van der Waals surface area (Å²) in [5.41, 5.74) is 11.8. The fourth-order valence-electron chi connectivity index (χ4n) is 3.26. The second kappa shape index (κ2) is 16.4. The van der Waals surface area contributed by atoms with Crippen LogP contribution in [0.4, 0.5) is 0 Å². The predicted molar refractivity (Wildman–Crippen MR) is 137 cm³/mol. The van der Waals surface area contributed by atoms with Gasteiger partial charge in [-0.15, -0.1) is 0 Å². The highest BCUT2D eigenvalue weighted by molar-refractivity contribution is 7.80. The molecule has 0 bridgehead atoms. The van der Waals surface area contributed by atoms with Gasteiger partial charge >= 0.3 is 11.9 Å². The number of phenolic OH excluding ortho intramolecular Hbond substituents is 1. The Bertz CT molecular complexity index is 930. The van der Waals surface area contributed by atoms with Crippen LogP contribution in [0.1, 0.15) is 37.7 Å². The first-order valence-electron chi connectivity index (χ1n) is 11.7. The molecule has 0 fully saturated rings. The van der Waals surface area contributed by atoms with E-state index in [9.17, 15) is 34.2 Å². The SMILES string of the molecule is NCCCCC(N)C(=O)NC(CS)C(=O)NC(CCC(=O)O)C(=O)NC(Cc1ccc(O)cc1)C(=O)O. The van der Waals surface area contributed by atoms with E-state index in [-0.39, 0.29) is 24.3 Å². The zero-order valence-electron chi connectivity index (χ0n) is 20.3. The third kappa shape index (κ3) is 11.9. The maximum atomic E-state index is 12.9. The number of aromatic hydroxyl groups is 1. The molecule has 4 unspecified atom stereocenters. The molecule has 0 aliphatic heterocycles. The van der Waals surface area contributed by atoms with Gasteiger partial charge < -0.3 is 42.7 Å². The molecular formula is C23H35N5O8S. The number of thiol groups is 1. The summed E-state index contributed by atoms with van der Waals surface area (Å²) in [6.45, 7) is 0.452. The first kappa shape index (κ1) is 31.7. The van der Waals surface area contributed by atoms with E-state index in [1.165, 1.54) is 24.3 Å². The van der Waals surface area contributed by atoms with E-state index >= 15 is 0 Å². The summed E-state index contributed by atoms with van der Waals surface area (Å²) >= 11 is 4.06. The molecular weight excluding hydrogens is 506 g/mol. The number of carboxylic acids is 2. The van der Waals surface area contributed by atoms with Gasteiger partial charge in [-0.25, -0.2) is 4.79 Å². The molecule has 14 heteroatoms. The van der Waals surface area contributed by atoms with Crippen LogP contribution in [-0.2, 0) is 30.4 Å². The van der Waals surface area contributed by atoms with Crippen molar-refractivity contribution in [2.75, 3.05) is 12.3 Å². The van der Waals surface area contributed by atoms with Gasteiger partial charge in [-0.1, -0.05) is 18.6 Å². The van der Waals surface area contributed by atoms with Crippen LogP contribution in [0.15, 0.2) is 24.3 Å². The van der Waals surface area contributed by atoms with Gasteiger partial charge in [0.1, 0.15) is 23.9 Å². The molecule has 1 aromatic rings. The maximum Gasteiger partial charge on any atom is 0.326 e. The lowest BCUT2D eigenvalue weighted by molar-refractivity contribution is -0.143. The van der Waals surface area contributed by atoms with E-state index in [4.69, 9.17) is 16.6 Å². The number of nitrogens with two attached hydrogens (primary N) is 2. The molecule has 10 N–H and O–H groups in total. The summed E-state index contributed by atoms with van der Waals surface area (Å²) in [5.74, 6) is -5.06. The second-order valence-corrected chi connectivity index (χ2v) is 8.76. The number of unbranched alkanes of at least 4 members (excludes halogenated alkanes) is 1. The highest BCUT2D eigenvalue weighted by atomic mass is 32.1. The molecule has 206 valence electrons. The summed E-state index contributed by atoms with van der Waals surface area (Å²) in [6, 6.07) is 0.844. The molecule has 1 aromatic carbocycles. The summed E-state index contributed by atoms with van der Waals surface area (Å²) in [5, 5.41) is 35.1. The molecule has 0 saturated carbocycles. The maximum absolute atomic E-state index is 12.9. The highest BCUT2D eigenvalue weighted by Crippen LogP contribution is 2.12. The van der Waals surface area contributed by atoms with Crippen molar-refractivity contribution in [2.45, 2.75) is 62.7 Å². The summed E-state index contributed by atoms with van der Waals surface area (Å²) in [6.07, 6.45) is 0.711. The molecule has 1 rings (SSSR count). The number of carbonyl (C=O) groups excluding carboxylic acids is 3. The standard InChI is InChI=1S/C23H35N5O8S/c24-10-2-1-3-15(25)20(32)28-18(12-37)22(34)26-16(8-9-19(30)31)21(33)27-17(23(35)36)11-13-4-6-14(29)7-5-13/h4-7,15-18,29,37H,1-3,8-12,24-25H2,(H,26,34)(H,27,33)(H,28,32)(H,30,31)(H,35,36). The first-order chi connectivity index (χ1) is 17.5. The van der Waals surface area contributed by atoms with Crippen LogP contribution in [0.3, 0.4) is 0 Å². The molecule has 0 aromatic heterocycles. The van der Waals surface area contributed by atoms with Crippen molar-refractivity contribution < 1.29 is 39.3 Å². The highest BCUT2D eigenvalue weighted by Gasteiger charge is 2.30. The van der Waals surface area contributed by atoms with Gasteiger partial charge in [0, 0.05) is 18.6 Å². The normalized spacial score (nSPS) is 14.0. The minimum absolute atomic E-state index is 0.0153. The van der Waals surface area contributed by atoms with Crippen molar-refractivity contribution in [1.82, 2.24) is 16.0 Å². The van der Waals surface area contributed by atoms with E-state index in [0.29, 0.717) is 31.4 Å². The summed E-state index contributed by atoms with van der Waals surface area (Å²) < 4.78 is 0. The Balaban J connectivity index is 2.90. The zero-order valence-corrected chi connectivity index (χ0v) is 21.2. The Morgan fingerprint density at radius 1 is 0.838 bits per heavy atom. The van der Waals surface area contributed by atoms with E-state index in [2.05, 4.69) is 28.6 Å². The minimum atomic E-state index is -1.40. The minimum Gasteiger partial charge on any atom is -0.508 e. The van der Waals surface area contributed by atoms with Crippen LogP contribution < -0.4 is 27.4 Å². The lowest BCUT2D eigenvalue weighted by atomic mass is 10.0. The number of rotatable bonds is 17. The quantitative estimate of drug-likeness (QED) is 0.0837. The second-order valence-electron chi connectivity index (χ2n) is 8.40. The third-order valence-corrected chi connectivity index (χ3v) is 5.76. The molecule has 0 heterocycles. The van der Waals surface area contributed by atoms with Gasteiger partial charge in [-0.05, 0) is 43.5 Å². The Labute approximate surface area is 219 Å². The average molecular weight is 542 g/mol. The number of carbonyl (C=O) groups is 5. The number of benzene rings is 1. The molecule has 0 aliphatic rings. The largest absolute Gasteiger partial charge is 0.508 e. The predicted octanol–water partition coefficient (Wildman–Crippen LogP) is -1.28. The van der Waals surface area contributed by atoms with Crippen LogP contribution in [0.2, 0.25) is 0 Å². The average Bonchev–Trinajstić information content (AvgIpc) is 2.85. The van der Waals surface area contributed by atoms with Gasteiger partial charge in [-0.3, -0.25) is 19.2 Å². The molecule has 0 spiro atoms. The fraction of sp³-hybridized carbons (Fsp3) is 0.522. The number of hydrogen-bond donors (Lipinski definition) is 9. The van der Waals surface area contributed by atoms with E-state index < -0.39 is 60.2 Å².